The summed E-state index contributed by atoms with van der Waals surface area (Å²) in [4.78, 5) is 34.2. The minimum atomic E-state index is -0.524. The van der Waals surface area contributed by atoms with Gasteiger partial charge in [0.25, 0.3) is 0 Å². The molecule has 0 spiro atoms. The first-order valence-electron chi connectivity index (χ1n) is 12.7. The van der Waals surface area contributed by atoms with Gasteiger partial charge in [0, 0.05) is 41.4 Å². The summed E-state index contributed by atoms with van der Waals surface area (Å²) in [5.74, 6) is 0.374. The smallest absolute Gasteiger partial charge is 0.310 e. The lowest BCUT2D eigenvalue weighted by molar-refractivity contribution is -0.153. The highest BCUT2D eigenvalue weighted by atomic mass is 16.6. The highest BCUT2D eigenvalue weighted by molar-refractivity contribution is 6.11. The molecule has 194 valence electrons. The first-order chi connectivity index (χ1) is 17.7. The van der Waals surface area contributed by atoms with Gasteiger partial charge in [-0.05, 0) is 68.8 Å². The number of hydrogen-bond donors (Lipinski definition) is 2. The maximum absolute atomic E-state index is 13.3. The molecule has 0 saturated carbocycles. The molecule has 1 saturated heterocycles. The van der Waals surface area contributed by atoms with E-state index in [1.54, 1.807) is 0 Å². The number of aromatic amines is 2. The Hall–Kier alpha value is -3.62. The molecule has 5 rings (SSSR count). The number of ketones is 1. The number of esters is 1. The van der Waals surface area contributed by atoms with E-state index in [0.717, 1.165) is 66.0 Å². The molecular weight excluding hydrogens is 470 g/mol. The number of H-pyrrole nitrogens is 2. The number of aromatic nitrogens is 2. The third-order valence-corrected chi connectivity index (χ3v) is 6.32. The van der Waals surface area contributed by atoms with Gasteiger partial charge in [0.15, 0.2) is 0 Å². The quantitative estimate of drug-likeness (QED) is 0.272. The minimum Gasteiger partial charge on any atom is -0.492 e. The maximum Gasteiger partial charge on any atom is 0.310 e. The molecule has 1 aliphatic heterocycles. The van der Waals surface area contributed by atoms with Crippen LogP contribution in [0.2, 0.25) is 0 Å². The summed E-state index contributed by atoms with van der Waals surface area (Å²) < 4.78 is 16.8. The van der Waals surface area contributed by atoms with Crippen molar-refractivity contribution in [2.24, 2.45) is 0 Å². The van der Waals surface area contributed by atoms with Crippen molar-refractivity contribution in [1.82, 2.24) is 14.9 Å². The number of carbonyl (C=O) groups excluding carboxylic acids is 2. The van der Waals surface area contributed by atoms with E-state index < -0.39 is 5.60 Å². The molecule has 2 aromatic heterocycles. The zero-order chi connectivity index (χ0) is 26.0. The Kier molecular flexibility index (Phi) is 7.04. The van der Waals surface area contributed by atoms with Crippen molar-refractivity contribution in [3.63, 3.8) is 0 Å². The van der Waals surface area contributed by atoms with E-state index in [-0.39, 0.29) is 18.2 Å². The van der Waals surface area contributed by atoms with E-state index in [2.05, 4.69) is 14.9 Å². The fourth-order valence-electron chi connectivity index (χ4n) is 4.54. The van der Waals surface area contributed by atoms with Gasteiger partial charge in [-0.1, -0.05) is 6.07 Å². The third-order valence-electron chi connectivity index (χ3n) is 6.32. The minimum absolute atomic E-state index is 0.129. The van der Waals surface area contributed by atoms with Crippen LogP contribution in [0.3, 0.4) is 0 Å². The van der Waals surface area contributed by atoms with Crippen molar-refractivity contribution in [2.75, 3.05) is 39.5 Å². The molecule has 1 fully saturated rings. The van der Waals surface area contributed by atoms with Gasteiger partial charge in [-0.2, -0.15) is 0 Å². The second kappa shape index (κ2) is 10.4. The number of nitrogens with zero attached hydrogens (tertiary/aromatic N) is 1. The SMILES string of the molecule is CC(C)(C)OC(=O)Cc1ccc2[nH]c(C(=O)c3cc4cc(OCCN5CCOCC5)ccc4[nH]3)cc2c1. The van der Waals surface area contributed by atoms with Crippen molar-refractivity contribution < 1.29 is 23.8 Å². The summed E-state index contributed by atoms with van der Waals surface area (Å²) in [5, 5.41) is 1.79. The molecule has 1 aliphatic rings. The largest absolute Gasteiger partial charge is 0.492 e. The van der Waals surface area contributed by atoms with Crippen LogP contribution < -0.4 is 4.74 Å². The standard InChI is InChI=1S/C29H33N3O5/c1-29(2,3)37-27(33)15-19-4-6-23-20(14-19)17-25(30-23)28(34)26-18-21-16-22(5-7-24(21)31-26)36-13-10-32-8-11-35-12-9-32/h4-7,14,16-18,30-31H,8-13,15H2,1-3H3. The van der Waals surface area contributed by atoms with Crippen LogP contribution in [0.1, 0.15) is 42.5 Å². The van der Waals surface area contributed by atoms with Crippen LogP contribution in [0.4, 0.5) is 0 Å². The van der Waals surface area contributed by atoms with Crippen molar-refractivity contribution in [3.05, 3.63) is 65.5 Å². The second-order valence-electron chi connectivity index (χ2n) is 10.4. The molecule has 0 atom stereocenters. The number of rotatable bonds is 8. The van der Waals surface area contributed by atoms with E-state index in [1.165, 1.54) is 0 Å². The average molecular weight is 504 g/mol. The summed E-state index contributed by atoms with van der Waals surface area (Å²) in [6.07, 6.45) is 0.181. The predicted octanol–water partition coefficient (Wildman–Crippen LogP) is 4.48. The van der Waals surface area contributed by atoms with E-state index in [1.807, 2.05) is 69.3 Å². The number of nitrogens with one attached hydrogen (secondary N) is 2. The Bertz CT molecular complexity index is 1420. The number of fused-ring (bicyclic) bond motifs is 2. The predicted molar refractivity (Wildman–Crippen MR) is 142 cm³/mol. The monoisotopic (exact) mass is 503 g/mol. The topological polar surface area (TPSA) is 96.7 Å². The first kappa shape index (κ1) is 25.0. The summed E-state index contributed by atoms with van der Waals surface area (Å²) in [7, 11) is 0. The molecule has 8 nitrogen and oxygen atoms in total. The molecule has 0 bridgehead atoms. The Labute approximate surface area is 215 Å². The van der Waals surface area contributed by atoms with Crippen molar-refractivity contribution in [1.29, 1.82) is 0 Å². The van der Waals surface area contributed by atoms with Crippen LogP contribution in [-0.2, 0) is 20.7 Å². The summed E-state index contributed by atoms with van der Waals surface area (Å²) in [6, 6.07) is 15.2. The lowest BCUT2D eigenvalue weighted by Gasteiger charge is -2.26. The van der Waals surface area contributed by atoms with Crippen LogP contribution in [0.25, 0.3) is 21.8 Å². The van der Waals surface area contributed by atoms with E-state index in [9.17, 15) is 9.59 Å². The van der Waals surface area contributed by atoms with Crippen molar-refractivity contribution in [2.45, 2.75) is 32.8 Å². The van der Waals surface area contributed by atoms with E-state index in [4.69, 9.17) is 14.2 Å². The summed E-state index contributed by atoms with van der Waals surface area (Å²) in [5.41, 5.74) is 3.01. The van der Waals surface area contributed by atoms with Gasteiger partial charge in [0.05, 0.1) is 31.0 Å². The van der Waals surface area contributed by atoms with Crippen molar-refractivity contribution >= 4 is 33.6 Å². The molecule has 37 heavy (non-hydrogen) atoms. The lowest BCUT2D eigenvalue weighted by atomic mass is 10.1. The summed E-state index contributed by atoms with van der Waals surface area (Å²) in [6.45, 7) is 10.4. The van der Waals surface area contributed by atoms with Gasteiger partial charge >= 0.3 is 5.97 Å². The molecule has 0 amide bonds. The Morgan fingerprint density at radius 3 is 2.24 bits per heavy atom. The fourth-order valence-corrected chi connectivity index (χ4v) is 4.54. The maximum atomic E-state index is 13.3. The normalized spacial score (nSPS) is 14.8. The lowest BCUT2D eigenvalue weighted by Crippen LogP contribution is -2.38. The highest BCUT2D eigenvalue weighted by Crippen LogP contribution is 2.25. The van der Waals surface area contributed by atoms with Crippen LogP contribution in [0, 0.1) is 0 Å². The fraction of sp³-hybridized carbons (Fsp3) is 0.379. The molecule has 4 aromatic rings. The Morgan fingerprint density at radius 1 is 0.919 bits per heavy atom. The Morgan fingerprint density at radius 2 is 1.57 bits per heavy atom. The zero-order valence-electron chi connectivity index (χ0n) is 21.6. The van der Waals surface area contributed by atoms with Crippen LogP contribution in [0.15, 0.2) is 48.5 Å². The molecular formula is C29H33N3O5. The molecule has 2 N–H and O–H groups in total. The second-order valence-corrected chi connectivity index (χ2v) is 10.4. The van der Waals surface area contributed by atoms with E-state index in [0.29, 0.717) is 18.0 Å². The van der Waals surface area contributed by atoms with Gasteiger partial charge in [0.2, 0.25) is 5.78 Å². The van der Waals surface area contributed by atoms with E-state index >= 15 is 0 Å². The highest BCUT2D eigenvalue weighted by Gasteiger charge is 2.18. The van der Waals surface area contributed by atoms with Crippen LogP contribution >= 0.6 is 0 Å². The average Bonchev–Trinajstić information content (AvgIpc) is 3.47. The zero-order valence-corrected chi connectivity index (χ0v) is 21.6. The van der Waals surface area contributed by atoms with Gasteiger partial charge in [-0.3, -0.25) is 14.5 Å². The molecule has 0 radical (unpaired) electrons. The van der Waals surface area contributed by atoms with Crippen LogP contribution in [-0.4, -0.2) is 71.7 Å². The number of morpholine rings is 1. The third kappa shape index (κ3) is 6.21. The molecule has 0 unspecified atom stereocenters. The number of hydrogen-bond acceptors (Lipinski definition) is 6. The van der Waals surface area contributed by atoms with Gasteiger partial charge in [-0.25, -0.2) is 0 Å². The van der Waals surface area contributed by atoms with Gasteiger partial charge in [-0.15, -0.1) is 0 Å². The van der Waals surface area contributed by atoms with Crippen LogP contribution in [0.5, 0.6) is 5.75 Å². The van der Waals surface area contributed by atoms with Gasteiger partial charge in [0.1, 0.15) is 18.0 Å². The Balaban J connectivity index is 1.26. The number of benzene rings is 2. The molecule has 8 heteroatoms. The molecule has 0 aliphatic carbocycles. The van der Waals surface area contributed by atoms with Gasteiger partial charge < -0.3 is 24.2 Å². The molecule has 2 aromatic carbocycles. The number of ether oxygens (including phenoxy) is 3. The number of carbonyl (C=O) groups is 2. The van der Waals surface area contributed by atoms with Crippen molar-refractivity contribution in [3.8, 4) is 5.75 Å². The molecule has 3 heterocycles. The first-order valence-corrected chi connectivity index (χ1v) is 12.7. The summed E-state index contributed by atoms with van der Waals surface area (Å²) >= 11 is 0.